The number of ether oxygens (including phenoxy) is 1. The van der Waals surface area contributed by atoms with Gasteiger partial charge in [0.25, 0.3) is 0 Å². The molecule has 0 aromatic heterocycles. The minimum atomic E-state index is -3.96. The summed E-state index contributed by atoms with van der Waals surface area (Å²) in [5, 5.41) is 2.59. The first-order valence-electron chi connectivity index (χ1n) is 5.78. The van der Waals surface area contributed by atoms with E-state index in [0.29, 0.717) is 6.61 Å². The third-order valence-electron chi connectivity index (χ3n) is 3.98. The number of hydrogen-bond acceptors (Lipinski definition) is 2. The summed E-state index contributed by atoms with van der Waals surface area (Å²) in [6.07, 6.45) is -2.74. The van der Waals surface area contributed by atoms with Gasteiger partial charge in [-0.3, -0.25) is 0 Å². The highest BCUT2D eigenvalue weighted by Crippen LogP contribution is 2.52. The highest BCUT2D eigenvalue weighted by Gasteiger charge is 2.59. The zero-order valence-electron chi connectivity index (χ0n) is 9.85. The van der Waals surface area contributed by atoms with Gasteiger partial charge in [0.05, 0.1) is 12.6 Å². The molecule has 3 atom stereocenters. The molecule has 100 valence electrons. The van der Waals surface area contributed by atoms with Crippen LogP contribution in [0.2, 0.25) is 0 Å². The normalized spacial score (nSPS) is 35.8. The summed E-state index contributed by atoms with van der Waals surface area (Å²) in [7, 11) is 0. The van der Waals surface area contributed by atoms with E-state index in [1.54, 1.807) is 0 Å². The van der Waals surface area contributed by atoms with Gasteiger partial charge >= 0.3 is 12.3 Å². The van der Waals surface area contributed by atoms with E-state index >= 15 is 0 Å². The average Bonchev–Trinajstić information content (AvgIpc) is 2.63. The maximum atomic E-state index is 12.8. The van der Waals surface area contributed by atoms with E-state index in [2.05, 4.69) is 5.32 Å². The van der Waals surface area contributed by atoms with E-state index in [4.69, 9.17) is 4.74 Å². The lowest BCUT2D eigenvalue weighted by Gasteiger charge is -2.55. The maximum absolute atomic E-state index is 12.8. The summed E-state index contributed by atoms with van der Waals surface area (Å²) in [4.78, 5) is 0. The lowest BCUT2D eigenvalue weighted by Crippen LogP contribution is -2.67. The van der Waals surface area contributed by atoms with Crippen molar-refractivity contribution in [3.8, 4) is 0 Å². The molecule has 3 unspecified atom stereocenters. The fraction of sp³-hybridized carbons (Fsp3) is 1.00. The van der Waals surface area contributed by atoms with Crippen LogP contribution >= 0.6 is 0 Å². The van der Waals surface area contributed by atoms with E-state index in [1.807, 2.05) is 13.8 Å². The molecule has 2 fully saturated rings. The summed E-state index contributed by atoms with van der Waals surface area (Å²) in [6, 6.07) is -0.167. The second-order valence-corrected chi connectivity index (χ2v) is 5.49. The Morgan fingerprint density at radius 2 is 2.06 bits per heavy atom. The zero-order chi connectivity index (χ0) is 12.8. The lowest BCUT2D eigenvalue weighted by molar-refractivity contribution is -0.147. The van der Waals surface area contributed by atoms with Crippen molar-refractivity contribution >= 4 is 0 Å². The van der Waals surface area contributed by atoms with E-state index in [1.165, 1.54) is 0 Å². The Balaban J connectivity index is 1.92. The molecular formula is C11H17F4NO. The van der Waals surface area contributed by atoms with Gasteiger partial charge < -0.3 is 10.1 Å². The van der Waals surface area contributed by atoms with Crippen molar-refractivity contribution in [2.45, 2.75) is 44.8 Å². The molecule has 6 heteroatoms. The van der Waals surface area contributed by atoms with Gasteiger partial charge in [0.2, 0.25) is 0 Å². The van der Waals surface area contributed by atoms with Gasteiger partial charge in [0.15, 0.2) is 0 Å². The largest absolute Gasteiger partial charge is 0.377 e. The number of nitrogens with one attached hydrogen (secondary N) is 1. The lowest BCUT2D eigenvalue weighted by atomic mass is 9.57. The van der Waals surface area contributed by atoms with Crippen molar-refractivity contribution in [2.24, 2.45) is 11.3 Å². The van der Waals surface area contributed by atoms with Crippen LogP contribution < -0.4 is 5.32 Å². The molecule has 1 saturated heterocycles. The van der Waals surface area contributed by atoms with Crippen LogP contribution in [0, 0.1) is 11.3 Å². The Bertz CT molecular complexity index is 295. The molecule has 1 N–H and O–H groups in total. The topological polar surface area (TPSA) is 21.3 Å². The van der Waals surface area contributed by atoms with Crippen LogP contribution in [-0.2, 0) is 4.74 Å². The summed E-state index contributed by atoms with van der Waals surface area (Å²) in [6.45, 7) is 3.49. The third-order valence-corrected chi connectivity index (χ3v) is 3.98. The Kier molecular flexibility index (Phi) is 3.14. The van der Waals surface area contributed by atoms with Crippen molar-refractivity contribution < 1.29 is 22.3 Å². The molecule has 0 aromatic carbocycles. The first kappa shape index (κ1) is 13.1. The molecule has 0 bridgehead atoms. The van der Waals surface area contributed by atoms with E-state index < -0.39 is 18.9 Å². The zero-order valence-corrected chi connectivity index (χ0v) is 9.85. The number of fused-ring (bicyclic) bond motifs is 1. The SMILES string of the molecule is CC1(C)C(NCC(F)(F)C(F)F)C2CCOC21. The third kappa shape index (κ3) is 2.05. The Morgan fingerprint density at radius 3 is 2.65 bits per heavy atom. The highest BCUT2D eigenvalue weighted by molar-refractivity contribution is 5.11. The molecule has 0 aromatic rings. The molecule has 2 rings (SSSR count). The molecule has 1 heterocycles. The van der Waals surface area contributed by atoms with Crippen LogP contribution in [0.15, 0.2) is 0 Å². The quantitative estimate of drug-likeness (QED) is 0.778. The molecule has 0 spiro atoms. The van der Waals surface area contributed by atoms with E-state index in [-0.39, 0.29) is 23.5 Å². The van der Waals surface area contributed by atoms with E-state index in [9.17, 15) is 17.6 Å². The van der Waals surface area contributed by atoms with Gasteiger partial charge in [-0.2, -0.15) is 8.78 Å². The standard InChI is InChI=1S/C11H17F4NO/c1-10(2)7(6-3-4-17-8(6)10)16-5-11(14,15)9(12)13/h6-9,16H,3-5H2,1-2H3. The molecule has 1 aliphatic carbocycles. The molecule has 0 amide bonds. The van der Waals surface area contributed by atoms with Crippen molar-refractivity contribution in [2.75, 3.05) is 13.2 Å². The predicted octanol–water partition coefficient (Wildman–Crippen LogP) is 2.29. The van der Waals surface area contributed by atoms with Crippen molar-refractivity contribution in [3.05, 3.63) is 0 Å². The molecule has 2 nitrogen and oxygen atoms in total. The summed E-state index contributed by atoms with van der Waals surface area (Å²) in [5.41, 5.74) is -0.265. The van der Waals surface area contributed by atoms with Gasteiger partial charge in [0.1, 0.15) is 0 Å². The van der Waals surface area contributed by atoms with E-state index in [0.717, 1.165) is 6.42 Å². The number of alkyl halides is 4. The molecule has 17 heavy (non-hydrogen) atoms. The minimum absolute atomic E-state index is 0.0696. The van der Waals surface area contributed by atoms with Gasteiger partial charge in [-0.15, -0.1) is 0 Å². The Morgan fingerprint density at radius 1 is 1.41 bits per heavy atom. The summed E-state index contributed by atoms with van der Waals surface area (Å²) >= 11 is 0. The number of halogens is 4. The summed E-state index contributed by atoms with van der Waals surface area (Å²) in [5.74, 6) is -3.78. The van der Waals surface area contributed by atoms with Crippen LogP contribution in [-0.4, -0.2) is 37.6 Å². The number of hydrogen-bond donors (Lipinski definition) is 1. The summed E-state index contributed by atoms with van der Waals surface area (Å²) < 4.78 is 55.2. The van der Waals surface area contributed by atoms with Crippen LogP contribution in [0.25, 0.3) is 0 Å². The second-order valence-electron chi connectivity index (χ2n) is 5.49. The van der Waals surface area contributed by atoms with Gasteiger partial charge in [0, 0.05) is 24.0 Å². The van der Waals surface area contributed by atoms with Gasteiger partial charge in [-0.25, -0.2) is 8.78 Å². The van der Waals surface area contributed by atoms with Crippen LogP contribution in [0.1, 0.15) is 20.3 Å². The smallest absolute Gasteiger partial charge is 0.319 e. The average molecular weight is 255 g/mol. The fourth-order valence-electron chi connectivity index (χ4n) is 3.06. The molecule has 1 aliphatic heterocycles. The Hall–Kier alpha value is -0.360. The Labute approximate surface area is 97.7 Å². The van der Waals surface area contributed by atoms with Crippen molar-refractivity contribution in [1.82, 2.24) is 5.32 Å². The maximum Gasteiger partial charge on any atom is 0.319 e. The first-order valence-corrected chi connectivity index (χ1v) is 5.78. The predicted molar refractivity (Wildman–Crippen MR) is 54.4 cm³/mol. The van der Waals surface area contributed by atoms with Crippen molar-refractivity contribution in [1.29, 1.82) is 0 Å². The molecule has 0 radical (unpaired) electrons. The number of rotatable bonds is 4. The monoisotopic (exact) mass is 255 g/mol. The highest BCUT2D eigenvalue weighted by atomic mass is 19.3. The van der Waals surface area contributed by atoms with Gasteiger partial charge in [-0.1, -0.05) is 13.8 Å². The van der Waals surface area contributed by atoms with Crippen molar-refractivity contribution in [3.63, 3.8) is 0 Å². The fourth-order valence-corrected chi connectivity index (χ4v) is 3.06. The molecule has 1 saturated carbocycles. The molecular weight excluding hydrogens is 238 g/mol. The second kappa shape index (κ2) is 4.09. The van der Waals surface area contributed by atoms with Gasteiger partial charge in [-0.05, 0) is 6.42 Å². The van der Waals surface area contributed by atoms with Crippen LogP contribution in [0.3, 0.4) is 0 Å². The first-order chi connectivity index (χ1) is 7.77. The van der Waals surface area contributed by atoms with Crippen LogP contribution in [0.5, 0.6) is 0 Å². The minimum Gasteiger partial charge on any atom is -0.377 e. The molecule has 2 aliphatic rings. The van der Waals surface area contributed by atoms with Crippen LogP contribution in [0.4, 0.5) is 17.6 Å².